The van der Waals surface area contributed by atoms with E-state index in [1.165, 1.54) is 0 Å². The molecule has 2 rings (SSSR count). The maximum absolute atomic E-state index is 12.9. The van der Waals surface area contributed by atoms with Crippen LogP contribution in [0.2, 0.25) is 0 Å². The van der Waals surface area contributed by atoms with E-state index < -0.39 is 0 Å². The summed E-state index contributed by atoms with van der Waals surface area (Å²) < 4.78 is 0. The van der Waals surface area contributed by atoms with Gasteiger partial charge in [-0.05, 0) is 39.9 Å². The van der Waals surface area contributed by atoms with Crippen LogP contribution in [0.15, 0.2) is 0 Å². The first-order chi connectivity index (χ1) is 10.1. The van der Waals surface area contributed by atoms with Gasteiger partial charge >= 0.3 is 0 Å². The Morgan fingerprint density at radius 1 is 1.24 bits per heavy atom. The molecule has 2 heterocycles. The maximum atomic E-state index is 12.9. The molecule has 0 radical (unpaired) electrons. The molecule has 1 N–H and O–H groups in total. The highest BCUT2D eigenvalue weighted by Gasteiger charge is 2.41. The Bertz CT molecular complexity index is 331. The van der Waals surface area contributed by atoms with E-state index in [0.717, 1.165) is 71.6 Å². The van der Waals surface area contributed by atoms with Crippen molar-refractivity contribution < 1.29 is 4.79 Å². The fourth-order valence-corrected chi connectivity index (χ4v) is 3.45. The lowest BCUT2D eigenvalue weighted by Crippen LogP contribution is -2.57. The van der Waals surface area contributed by atoms with Crippen molar-refractivity contribution in [3.05, 3.63) is 0 Å². The summed E-state index contributed by atoms with van der Waals surface area (Å²) in [6.45, 7) is 10.1. The molecule has 2 aliphatic rings. The average molecular weight is 296 g/mol. The first-order valence-electron chi connectivity index (χ1n) is 8.44. The first-order valence-corrected chi connectivity index (χ1v) is 8.44. The summed E-state index contributed by atoms with van der Waals surface area (Å²) in [5.74, 6) is 0.393. The number of carbonyl (C=O) groups excluding carboxylic acids is 1. The SMILES string of the molecule is CCC1(C(=O)N2CCN(CCN(C)C)CC2)CCCNC1. The summed E-state index contributed by atoms with van der Waals surface area (Å²) in [4.78, 5) is 19.7. The zero-order valence-corrected chi connectivity index (χ0v) is 14.0. The van der Waals surface area contributed by atoms with Crippen molar-refractivity contribution in [2.75, 3.05) is 66.5 Å². The van der Waals surface area contributed by atoms with E-state index in [-0.39, 0.29) is 5.41 Å². The van der Waals surface area contributed by atoms with Crippen LogP contribution in [0.4, 0.5) is 0 Å². The number of hydrogen-bond donors (Lipinski definition) is 1. The smallest absolute Gasteiger partial charge is 0.230 e. The van der Waals surface area contributed by atoms with Crippen molar-refractivity contribution in [1.29, 1.82) is 0 Å². The third-order valence-corrected chi connectivity index (χ3v) is 5.13. The van der Waals surface area contributed by atoms with Crippen molar-refractivity contribution in [2.24, 2.45) is 5.41 Å². The Labute approximate surface area is 129 Å². The minimum absolute atomic E-state index is 0.135. The van der Waals surface area contributed by atoms with Crippen LogP contribution in [0.1, 0.15) is 26.2 Å². The maximum Gasteiger partial charge on any atom is 0.230 e. The van der Waals surface area contributed by atoms with Gasteiger partial charge in [-0.2, -0.15) is 0 Å². The minimum Gasteiger partial charge on any atom is -0.340 e. The van der Waals surface area contributed by atoms with Crippen molar-refractivity contribution >= 4 is 5.91 Å². The molecule has 1 amide bonds. The second-order valence-electron chi connectivity index (χ2n) is 6.85. The summed E-state index contributed by atoms with van der Waals surface area (Å²) >= 11 is 0. The summed E-state index contributed by atoms with van der Waals surface area (Å²) in [7, 11) is 4.22. The van der Waals surface area contributed by atoms with E-state index in [1.54, 1.807) is 0 Å². The molecule has 0 aromatic rings. The summed E-state index contributed by atoms with van der Waals surface area (Å²) in [6, 6.07) is 0. The van der Waals surface area contributed by atoms with Crippen molar-refractivity contribution in [3.8, 4) is 0 Å². The van der Waals surface area contributed by atoms with Crippen molar-refractivity contribution in [1.82, 2.24) is 20.0 Å². The fourth-order valence-electron chi connectivity index (χ4n) is 3.45. The quantitative estimate of drug-likeness (QED) is 0.801. The van der Waals surface area contributed by atoms with Gasteiger partial charge in [0, 0.05) is 45.8 Å². The topological polar surface area (TPSA) is 38.8 Å². The second kappa shape index (κ2) is 7.56. The highest BCUT2D eigenvalue weighted by molar-refractivity contribution is 5.83. The second-order valence-corrected chi connectivity index (χ2v) is 6.85. The fraction of sp³-hybridized carbons (Fsp3) is 0.938. The van der Waals surface area contributed by atoms with E-state index in [2.05, 4.69) is 41.0 Å². The van der Waals surface area contributed by atoms with Gasteiger partial charge in [-0.1, -0.05) is 6.92 Å². The molecule has 1 atom stereocenters. The van der Waals surface area contributed by atoms with Crippen LogP contribution in [0, 0.1) is 5.41 Å². The molecule has 5 nitrogen and oxygen atoms in total. The number of piperidine rings is 1. The van der Waals surface area contributed by atoms with Crippen LogP contribution in [-0.2, 0) is 4.79 Å². The predicted molar refractivity (Wildman–Crippen MR) is 86.4 cm³/mol. The van der Waals surface area contributed by atoms with Crippen LogP contribution in [0.3, 0.4) is 0 Å². The van der Waals surface area contributed by atoms with Gasteiger partial charge < -0.3 is 15.1 Å². The Kier molecular flexibility index (Phi) is 6.02. The number of nitrogens with zero attached hydrogens (tertiary/aromatic N) is 3. The molecule has 21 heavy (non-hydrogen) atoms. The van der Waals surface area contributed by atoms with Gasteiger partial charge in [0.1, 0.15) is 0 Å². The molecular weight excluding hydrogens is 264 g/mol. The zero-order valence-electron chi connectivity index (χ0n) is 14.0. The van der Waals surface area contributed by atoms with Gasteiger partial charge in [0.2, 0.25) is 5.91 Å². The number of rotatable bonds is 5. The molecule has 2 fully saturated rings. The normalized spacial score (nSPS) is 28.1. The van der Waals surface area contributed by atoms with Crippen LogP contribution >= 0.6 is 0 Å². The Balaban J connectivity index is 1.84. The van der Waals surface area contributed by atoms with Crippen LogP contribution in [0.25, 0.3) is 0 Å². The third kappa shape index (κ3) is 4.18. The number of hydrogen-bond acceptors (Lipinski definition) is 4. The van der Waals surface area contributed by atoms with Crippen LogP contribution in [-0.4, -0.2) is 87.1 Å². The van der Waals surface area contributed by atoms with Crippen LogP contribution < -0.4 is 5.32 Å². The van der Waals surface area contributed by atoms with E-state index in [4.69, 9.17) is 0 Å². The monoisotopic (exact) mass is 296 g/mol. The largest absolute Gasteiger partial charge is 0.340 e. The summed E-state index contributed by atoms with van der Waals surface area (Å²) in [6.07, 6.45) is 3.14. The zero-order chi connectivity index (χ0) is 15.3. The number of piperazine rings is 1. The lowest BCUT2D eigenvalue weighted by atomic mass is 9.77. The number of amides is 1. The number of likely N-dealkylation sites (N-methyl/N-ethyl adjacent to an activating group) is 1. The molecule has 1 unspecified atom stereocenters. The molecule has 0 saturated carbocycles. The van der Waals surface area contributed by atoms with Gasteiger partial charge in [0.25, 0.3) is 0 Å². The molecule has 2 aliphatic heterocycles. The van der Waals surface area contributed by atoms with Gasteiger partial charge in [-0.3, -0.25) is 9.69 Å². The highest BCUT2D eigenvalue weighted by Crippen LogP contribution is 2.32. The summed E-state index contributed by atoms with van der Waals surface area (Å²) in [5, 5.41) is 3.42. The first kappa shape index (κ1) is 16.7. The average Bonchev–Trinajstić information content (AvgIpc) is 2.53. The molecule has 122 valence electrons. The van der Waals surface area contributed by atoms with Gasteiger partial charge in [-0.25, -0.2) is 0 Å². The Morgan fingerprint density at radius 3 is 2.48 bits per heavy atom. The lowest BCUT2D eigenvalue weighted by Gasteiger charge is -2.42. The van der Waals surface area contributed by atoms with E-state index in [0.29, 0.717) is 5.91 Å². The molecule has 0 aromatic heterocycles. The molecule has 0 aromatic carbocycles. The van der Waals surface area contributed by atoms with Crippen LogP contribution in [0.5, 0.6) is 0 Å². The Hall–Kier alpha value is -0.650. The molecular formula is C16H32N4O. The van der Waals surface area contributed by atoms with Gasteiger partial charge in [0.05, 0.1) is 5.41 Å². The molecule has 0 aliphatic carbocycles. The van der Waals surface area contributed by atoms with Gasteiger partial charge in [-0.15, -0.1) is 0 Å². The molecule has 0 bridgehead atoms. The predicted octanol–water partition coefficient (Wildman–Crippen LogP) is 0.472. The lowest BCUT2D eigenvalue weighted by molar-refractivity contribution is -0.145. The minimum atomic E-state index is -0.135. The van der Waals surface area contributed by atoms with E-state index in [1.807, 2.05) is 0 Å². The molecule has 2 saturated heterocycles. The van der Waals surface area contributed by atoms with E-state index in [9.17, 15) is 4.79 Å². The molecule has 0 spiro atoms. The standard InChI is InChI=1S/C16H32N4O/c1-4-16(6-5-7-17-14-16)15(21)20-12-10-19(11-13-20)9-8-18(2)3/h17H,4-14H2,1-3H3. The number of carbonyl (C=O) groups is 1. The van der Waals surface area contributed by atoms with Crippen molar-refractivity contribution in [3.63, 3.8) is 0 Å². The highest BCUT2D eigenvalue weighted by atomic mass is 16.2. The number of nitrogens with one attached hydrogen (secondary N) is 1. The van der Waals surface area contributed by atoms with Crippen molar-refractivity contribution in [2.45, 2.75) is 26.2 Å². The van der Waals surface area contributed by atoms with E-state index >= 15 is 0 Å². The molecule has 5 heteroatoms. The van der Waals surface area contributed by atoms with Gasteiger partial charge in [0.15, 0.2) is 0 Å². The summed E-state index contributed by atoms with van der Waals surface area (Å²) in [5.41, 5.74) is -0.135. The third-order valence-electron chi connectivity index (χ3n) is 5.13. The Morgan fingerprint density at radius 2 is 1.95 bits per heavy atom.